The van der Waals surface area contributed by atoms with Crippen molar-refractivity contribution >= 4 is 10.9 Å². The summed E-state index contributed by atoms with van der Waals surface area (Å²) in [5.74, 6) is 1.27. The minimum Gasteiger partial charge on any atom is -0.321 e. The molecule has 2 aromatic carbocycles. The summed E-state index contributed by atoms with van der Waals surface area (Å²) in [6.45, 7) is 8.78. The number of likely N-dealkylation sites (tertiary alicyclic amines) is 1. The van der Waals surface area contributed by atoms with E-state index < -0.39 is 0 Å². The summed E-state index contributed by atoms with van der Waals surface area (Å²) in [6.07, 6.45) is 2.30. The molecule has 0 radical (unpaired) electrons. The monoisotopic (exact) mass is 442 g/mol. The van der Waals surface area contributed by atoms with Crippen molar-refractivity contribution in [1.29, 1.82) is 0 Å². The average Bonchev–Trinajstić information content (AvgIpc) is 3.26. The van der Waals surface area contributed by atoms with Crippen LogP contribution in [0, 0.1) is 19.8 Å². The highest BCUT2D eigenvalue weighted by molar-refractivity contribution is 5.83. The second-order valence-corrected chi connectivity index (χ2v) is 9.35. The van der Waals surface area contributed by atoms with Crippen molar-refractivity contribution in [3.63, 3.8) is 0 Å². The summed E-state index contributed by atoms with van der Waals surface area (Å²) in [5, 5.41) is 13.8. The van der Waals surface area contributed by atoms with Gasteiger partial charge in [-0.2, -0.15) is 0 Å². The number of tetrazole rings is 1. The third-order valence-corrected chi connectivity index (χ3v) is 6.91. The third-order valence-electron chi connectivity index (χ3n) is 6.91. The maximum absolute atomic E-state index is 13.5. The first-order chi connectivity index (χ1) is 16.0. The molecule has 7 heteroatoms. The Morgan fingerprint density at radius 2 is 1.97 bits per heavy atom. The number of aromatic nitrogens is 5. The van der Waals surface area contributed by atoms with Gasteiger partial charge in [-0.15, -0.1) is 5.10 Å². The van der Waals surface area contributed by atoms with Gasteiger partial charge in [-0.3, -0.25) is 9.69 Å². The van der Waals surface area contributed by atoms with E-state index in [0.29, 0.717) is 23.9 Å². The molecule has 0 aliphatic carbocycles. The van der Waals surface area contributed by atoms with E-state index in [9.17, 15) is 4.79 Å². The summed E-state index contributed by atoms with van der Waals surface area (Å²) in [6, 6.07) is 16.1. The Labute approximate surface area is 193 Å². The largest absolute Gasteiger partial charge is 0.321 e. The van der Waals surface area contributed by atoms with Gasteiger partial charge in [-0.05, 0) is 77.7 Å². The molecular formula is C26H30N6O. The lowest BCUT2D eigenvalue weighted by Crippen LogP contribution is -2.41. The average molecular weight is 443 g/mol. The molecular weight excluding hydrogens is 412 g/mol. The third kappa shape index (κ3) is 4.20. The van der Waals surface area contributed by atoms with Crippen LogP contribution in [-0.2, 0) is 6.54 Å². The number of hydrogen-bond donors (Lipinski definition) is 1. The van der Waals surface area contributed by atoms with Crippen molar-refractivity contribution in [3.05, 3.63) is 87.0 Å². The van der Waals surface area contributed by atoms with E-state index in [1.54, 1.807) is 0 Å². The van der Waals surface area contributed by atoms with Crippen LogP contribution in [0.15, 0.2) is 53.3 Å². The molecule has 0 bridgehead atoms. The normalized spacial score (nSPS) is 18.0. The molecule has 1 aliphatic heterocycles. The van der Waals surface area contributed by atoms with E-state index in [4.69, 9.17) is 0 Å². The highest BCUT2D eigenvalue weighted by atomic mass is 16.1. The Bertz CT molecular complexity index is 1330. The van der Waals surface area contributed by atoms with Crippen molar-refractivity contribution in [2.45, 2.75) is 46.2 Å². The molecule has 1 saturated heterocycles. The van der Waals surface area contributed by atoms with E-state index >= 15 is 0 Å². The van der Waals surface area contributed by atoms with Crippen LogP contribution in [0.4, 0.5) is 0 Å². The Morgan fingerprint density at radius 3 is 2.76 bits per heavy atom. The minimum absolute atomic E-state index is 0.0753. The van der Waals surface area contributed by atoms with Crippen molar-refractivity contribution in [1.82, 2.24) is 30.1 Å². The predicted octanol–water partition coefficient (Wildman–Crippen LogP) is 4.00. The van der Waals surface area contributed by atoms with Crippen LogP contribution >= 0.6 is 0 Å². The highest BCUT2D eigenvalue weighted by Gasteiger charge is 2.32. The molecule has 3 heterocycles. The van der Waals surface area contributed by atoms with Crippen LogP contribution in [0.25, 0.3) is 10.9 Å². The summed E-state index contributed by atoms with van der Waals surface area (Å²) < 4.78 is 1.84. The molecule has 1 N–H and O–H groups in total. The second kappa shape index (κ2) is 8.90. The van der Waals surface area contributed by atoms with Crippen molar-refractivity contribution in [2.24, 2.45) is 5.92 Å². The predicted molar refractivity (Wildman–Crippen MR) is 129 cm³/mol. The number of aromatic amines is 1. The Hall–Kier alpha value is -3.32. The van der Waals surface area contributed by atoms with Crippen LogP contribution in [0.3, 0.4) is 0 Å². The lowest BCUT2D eigenvalue weighted by Gasteiger charge is -2.36. The van der Waals surface area contributed by atoms with Crippen molar-refractivity contribution in [2.75, 3.05) is 13.1 Å². The zero-order chi connectivity index (χ0) is 22.9. The quantitative estimate of drug-likeness (QED) is 0.505. The fourth-order valence-electron chi connectivity index (χ4n) is 4.98. The van der Waals surface area contributed by atoms with Gasteiger partial charge < -0.3 is 4.98 Å². The maximum Gasteiger partial charge on any atom is 0.253 e. The number of piperidine rings is 1. The number of pyridine rings is 1. The van der Waals surface area contributed by atoms with Crippen LogP contribution in [0.1, 0.15) is 53.9 Å². The molecule has 0 amide bonds. The van der Waals surface area contributed by atoms with E-state index in [0.717, 1.165) is 41.5 Å². The zero-order valence-electron chi connectivity index (χ0n) is 19.5. The van der Waals surface area contributed by atoms with E-state index in [2.05, 4.69) is 70.4 Å². The van der Waals surface area contributed by atoms with E-state index in [-0.39, 0.29) is 11.6 Å². The van der Waals surface area contributed by atoms with Crippen LogP contribution in [-0.4, -0.2) is 43.2 Å². The standard InChI is InChI=1S/C26H30N6O/c1-17-8-7-13-31(15-17)24(25-28-29-30-32(25)16-20-9-5-4-6-10-20)22-14-21-12-11-18(2)19(3)23(21)27-26(22)33/h4-6,9-12,14,17,24H,7-8,13,15-16H2,1-3H3,(H,27,33). The second-order valence-electron chi connectivity index (χ2n) is 9.35. The molecule has 2 aromatic heterocycles. The molecule has 7 nitrogen and oxygen atoms in total. The minimum atomic E-state index is -0.304. The number of fused-ring (bicyclic) bond motifs is 1. The fraction of sp³-hybridized carbons (Fsp3) is 0.385. The number of rotatable bonds is 5. The van der Waals surface area contributed by atoms with Gasteiger partial charge in [0.25, 0.3) is 5.56 Å². The molecule has 170 valence electrons. The van der Waals surface area contributed by atoms with E-state index in [1.165, 1.54) is 12.0 Å². The van der Waals surface area contributed by atoms with Gasteiger partial charge in [0.2, 0.25) is 0 Å². The zero-order valence-corrected chi connectivity index (χ0v) is 19.5. The van der Waals surface area contributed by atoms with Crippen LogP contribution in [0.5, 0.6) is 0 Å². The summed E-state index contributed by atoms with van der Waals surface area (Å²) in [5.41, 5.74) is 4.92. The maximum atomic E-state index is 13.5. The number of benzene rings is 2. The number of nitrogens with zero attached hydrogens (tertiary/aromatic N) is 5. The van der Waals surface area contributed by atoms with Crippen molar-refractivity contribution < 1.29 is 0 Å². The molecule has 1 aliphatic rings. The van der Waals surface area contributed by atoms with Gasteiger partial charge in [0.15, 0.2) is 5.82 Å². The first-order valence-electron chi connectivity index (χ1n) is 11.7. The lowest BCUT2D eigenvalue weighted by molar-refractivity contribution is 0.141. The van der Waals surface area contributed by atoms with Crippen LogP contribution < -0.4 is 5.56 Å². The highest BCUT2D eigenvalue weighted by Crippen LogP contribution is 2.31. The fourth-order valence-corrected chi connectivity index (χ4v) is 4.98. The van der Waals surface area contributed by atoms with Crippen molar-refractivity contribution in [3.8, 4) is 0 Å². The first-order valence-corrected chi connectivity index (χ1v) is 11.7. The van der Waals surface area contributed by atoms with Gasteiger partial charge in [0.05, 0.1) is 12.1 Å². The van der Waals surface area contributed by atoms with Gasteiger partial charge in [0, 0.05) is 12.1 Å². The lowest BCUT2D eigenvalue weighted by atomic mass is 9.95. The summed E-state index contributed by atoms with van der Waals surface area (Å²) in [4.78, 5) is 19.0. The molecule has 0 spiro atoms. The SMILES string of the molecule is Cc1ccc2cc(C(c3nnnn3Cc3ccccc3)N3CCCC(C)C3)c(=O)[nH]c2c1C. The topological polar surface area (TPSA) is 79.7 Å². The Morgan fingerprint density at radius 1 is 1.15 bits per heavy atom. The van der Waals surface area contributed by atoms with Gasteiger partial charge in [0.1, 0.15) is 6.04 Å². The molecule has 1 fully saturated rings. The molecule has 2 unspecified atom stereocenters. The number of nitrogens with one attached hydrogen (secondary N) is 1. The molecule has 0 saturated carbocycles. The number of aryl methyl sites for hydroxylation is 2. The number of H-pyrrole nitrogens is 1. The molecule has 33 heavy (non-hydrogen) atoms. The van der Waals surface area contributed by atoms with Gasteiger partial charge >= 0.3 is 0 Å². The van der Waals surface area contributed by atoms with Gasteiger partial charge in [-0.1, -0.05) is 49.4 Å². The summed E-state index contributed by atoms with van der Waals surface area (Å²) in [7, 11) is 0. The molecule has 4 aromatic rings. The number of hydrogen-bond acceptors (Lipinski definition) is 5. The smallest absolute Gasteiger partial charge is 0.253 e. The first kappa shape index (κ1) is 21.5. The Kier molecular flexibility index (Phi) is 5.81. The van der Waals surface area contributed by atoms with Crippen LogP contribution in [0.2, 0.25) is 0 Å². The van der Waals surface area contributed by atoms with E-state index in [1.807, 2.05) is 28.9 Å². The molecule has 2 atom stereocenters. The Balaban J connectivity index is 1.64. The molecule has 5 rings (SSSR count). The summed E-state index contributed by atoms with van der Waals surface area (Å²) >= 11 is 0. The van der Waals surface area contributed by atoms with Gasteiger partial charge in [-0.25, -0.2) is 4.68 Å².